The minimum Gasteiger partial charge on any atom is -0.377 e. The van der Waals surface area contributed by atoms with Gasteiger partial charge in [-0.25, -0.2) is 4.98 Å². The average Bonchev–Trinajstić information content (AvgIpc) is 2.38. The standard InChI is InChI=1S/C12H14N4O2/c1-8-4-9(6-13)5-11(15-8)16-2-3-18-7-10(16)12(14)17/h4-5,10H,2-3,7H2,1H3,(H2,14,17). The van der Waals surface area contributed by atoms with E-state index in [1.807, 2.05) is 6.92 Å². The van der Waals surface area contributed by atoms with Gasteiger partial charge in [0.25, 0.3) is 0 Å². The van der Waals surface area contributed by atoms with Gasteiger partial charge in [0.15, 0.2) is 0 Å². The summed E-state index contributed by atoms with van der Waals surface area (Å²) in [6, 6.07) is 4.91. The fraction of sp³-hybridized carbons (Fsp3) is 0.417. The Bertz CT molecular complexity index is 509. The summed E-state index contributed by atoms with van der Waals surface area (Å²) in [4.78, 5) is 17.5. The van der Waals surface area contributed by atoms with Crippen molar-refractivity contribution in [3.8, 4) is 6.07 Å². The third-order valence-electron chi connectivity index (χ3n) is 2.82. The van der Waals surface area contributed by atoms with E-state index >= 15 is 0 Å². The summed E-state index contributed by atoms with van der Waals surface area (Å²) in [5.41, 5.74) is 6.61. The molecule has 2 heterocycles. The molecule has 1 unspecified atom stereocenters. The number of nitrogens with zero attached hydrogens (tertiary/aromatic N) is 3. The van der Waals surface area contributed by atoms with Crippen molar-refractivity contribution in [2.75, 3.05) is 24.7 Å². The van der Waals surface area contributed by atoms with E-state index in [1.165, 1.54) is 0 Å². The molecule has 6 nitrogen and oxygen atoms in total. The van der Waals surface area contributed by atoms with Crippen molar-refractivity contribution in [1.82, 2.24) is 4.98 Å². The van der Waals surface area contributed by atoms with Crippen LogP contribution in [-0.4, -0.2) is 36.7 Å². The molecule has 6 heteroatoms. The Morgan fingerprint density at radius 3 is 3.11 bits per heavy atom. The van der Waals surface area contributed by atoms with Gasteiger partial charge in [0.05, 0.1) is 24.8 Å². The van der Waals surface area contributed by atoms with Gasteiger partial charge in [-0.15, -0.1) is 0 Å². The number of primary amides is 1. The van der Waals surface area contributed by atoms with Gasteiger partial charge in [0, 0.05) is 12.2 Å². The van der Waals surface area contributed by atoms with Crippen LogP contribution in [0.2, 0.25) is 0 Å². The summed E-state index contributed by atoms with van der Waals surface area (Å²) < 4.78 is 5.25. The van der Waals surface area contributed by atoms with Crippen molar-refractivity contribution in [2.45, 2.75) is 13.0 Å². The Kier molecular flexibility index (Phi) is 3.44. The lowest BCUT2D eigenvalue weighted by atomic mass is 10.2. The number of hydrogen-bond donors (Lipinski definition) is 1. The molecule has 0 spiro atoms. The fourth-order valence-corrected chi connectivity index (χ4v) is 1.98. The highest BCUT2D eigenvalue weighted by molar-refractivity contribution is 5.83. The van der Waals surface area contributed by atoms with Gasteiger partial charge >= 0.3 is 0 Å². The van der Waals surface area contributed by atoms with E-state index in [4.69, 9.17) is 15.7 Å². The first-order valence-corrected chi connectivity index (χ1v) is 5.64. The molecule has 0 radical (unpaired) electrons. The maximum Gasteiger partial charge on any atom is 0.242 e. The highest BCUT2D eigenvalue weighted by atomic mass is 16.5. The maximum atomic E-state index is 11.4. The van der Waals surface area contributed by atoms with Crippen LogP contribution in [0, 0.1) is 18.3 Å². The second kappa shape index (κ2) is 5.02. The zero-order valence-corrected chi connectivity index (χ0v) is 10.1. The van der Waals surface area contributed by atoms with Gasteiger partial charge < -0.3 is 15.4 Å². The number of hydrogen-bond acceptors (Lipinski definition) is 5. The third kappa shape index (κ3) is 2.41. The second-order valence-corrected chi connectivity index (χ2v) is 4.15. The molecule has 0 saturated carbocycles. The number of aromatic nitrogens is 1. The molecule has 1 atom stereocenters. The molecule has 2 rings (SSSR count). The van der Waals surface area contributed by atoms with Gasteiger partial charge in [-0.05, 0) is 19.1 Å². The van der Waals surface area contributed by atoms with Crippen LogP contribution < -0.4 is 10.6 Å². The molecule has 2 N–H and O–H groups in total. The monoisotopic (exact) mass is 246 g/mol. The van der Waals surface area contributed by atoms with Crippen LogP contribution in [0.25, 0.3) is 0 Å². The first-order chi connectivity index (χ1) is 8.61. The highest BCUT2D eigenvalue weighted by Crippen LogP contribution is 2.19. The Morgan fingerprint density at radius 1 is 1.67 bits per heavy atom. The SMILES string of the molecule is Cc1cc(C#N)cc(N2CCOCC2C(N)=O)n1. The molecule has 1 saturated heterocycles. The Morgan fingerprint density at radius 2 is 2.44 bits per heavy atom. The summed E-state index contributed by atoms with van der Waals surface area (Å²) in [6.45, 7) is 3.12. The lowest BCUT2D eigenvalue weighted by Crippen LogP contribution is -2.53. The Labute approximate surface area is 105 Å². The maximum absolute atomic E-state index is 11.4. The summed E-state index contributed by atoms with van der Waals surface area (Å²) >= 11 is 0. The molecule has 1 fully saturated rings. The van der Waals surface area contributed by atoms with Gasteiger partial charge in [-0.1, -0.05) is 0 Å². The normalized spacial score (nSPS) is 19.3. The van der Waals surface area contributed by atoms with Crippen molar-refractivity contribution in [3.05, 3.63) is 23.4 Å². The molecule has 18 heavy (non-hydrogen) atoms. The number of anilines is 1. The van der Waals surface area contributed by atoms with Crippen LogP contribution in [0.5, 0.6) is 0 Å². The molecule has 0 aliphatic carbocycles. The van der Waals surface area contributed by atoms with E-state index in [0.717, 1.165) is 5.69 Å². The number of carbonyl (C=O) groups is 1. The second-order valence-electron chi connectivity index (χ2n) is 4.15. The quantitative estimate of drug-likeness (QED) is 0.790. The summed E-state index contributed by atoms with van der Waals surface area (Å²) in [5.74, 6) is 0.148. The predicted molar refractivity (Wildman–Crippen MR) is 64.8 cm³/mol. The summed E-state index contributed by atoms with van der Waals surface area (Å²) in [7, 11) is 0. The molecule has 1 amide bonds. The lowest BCUT2D eigenvalue weighted by Gasteiger charge is -2.34. The number of aryl methyl sites for hydroxylation is 1. The number of nitrogens with two attached hydrogens (primary N) is 1. The third-order valence-corrected chi connectivity index (χ3v) is 2.82. The van der Waals surface area contributed by atoms with E-state index in [-0.39, 0.29) is 6.61 Å². The Balaban J connectivity index is 2.36. The van der Waals surface area contributed by atoms with Crippen molar-refractivity contribution >= 4 is 11.7 Å². The van der Waals surface area contributed by atoms with Gasteiger partial charge in [-0.3, -0.25) is 4.79 Å². The van der Waals surface area contributed by atoms with Crippen molar-refractivity contribution in [2.24, 2.45) is 5.73 Å². The molecule has 0 aromatic carbocycles. The molecule has 1 aliphatic rings. The molecule has 1 aliphatic heterocycles. The minimum absolute atomic E-state index is 0.257. The van der Waals surface area contributed by atoms with Crippen molar-refractivity contribution < 1.29 is 9.53 Å². The van der Waals surface area contributed by atoms with Crippen LogP contribution in [0.1, 0.15) is 11.3 Å². The van der Waals surface area contributed by atoms with Crippen LogP contribution in [-0.2, 0) is 9.53 Å². The van der Waals surface area contributed by atoms with Gasteiger partial charge in [-0.2, -0.15) is 5.26 Å². The fourth-order valence-electron chi connectivity index (χ4n) is 1.98. The Hall–Kier alpha value is -2.13. The number of ether oxygens (including phenoxy) is 1. The predicted octanol–water partition coefficient (Wildman–Crippen LogP) is -0.0478. The van der Waals surface area contributed by atoms with E-state index in [0.29, 0.717) is 24.5 Å². The zero-order chi connectivity index (χ0) is 13.1. The molecule has 1 aromatic rings. The number of amides is 1. The lowest BCUT2D eigenvalue weighted by molar-refractivity contribution is -0.121. The van der Waals surface area contributed by atoms with Crippen LogP contribution in [0.4, 0.5) is 5.82 Å². The van der Waals surface area contributed by atoms with Gasteiger partial charge in [0.1, 0.15) is 11.9 Å². The van der Waals surface area contributed by atoms with E-state index in [9.17, 15) is 4.79 Å². The smallest absolute Gasteiger partial charge is 0.242 e. The summed E-state index contributed by atoms with van der Waals surface area (Å²) in [6.07, 6.45) is 0. The highest BCUT2D eigenvalue weighted by Gasteiger charge is 2.28. The minimum atomic E-state index is -0.528. The van der Waals surface area contributed by atoms with Crippen LogP contribution >= 0.6 is 0 Å². The van der Waals surface area contributed by atoms with E-state index < -0.39 is 11.9 Å². The molecule has 1 aromatic heterocycles. The van der Waals surface area contributed by atoms with Crippen molar-refractivity contribution in [1.29, 1.82) is 5.26 Å². The average molecular weight is 246 g/mol. The number of pyridine rings is 1. The van der Waals surface area contributed by atoms with Gasteiger partial charge in [0.2, 0.25) is 5.91 Å². The molecular formula is C12H14N4O2. The number of carbonyl (C=O) groups excluding carboxylic acids is 1. The first-order valence-electron chi connectivity index (χ1n) is 5.64. The molecule has 0 bridgehead atoms. The topological polar surface area (TPSA) is 92.2 Å². The largest absolute Gasteiger partial charge is 0.377 e. The zero-order valence-electron chi connectivity index (χ0n) is 10.1. The van der Waals surface area contributed by atoms with Crippen LogP contribution in [0.15, 0.2) is 12.1 Å². The first kappa shape index (κ1) is 12.3. The van der Waals surface area contributed by atoms with E-state index in [1.54, 1.807) is 17.0 Å². The number of rotatable bonds is 2. The summed E-state index contributed by atoms with van der Waals surface area (Å²) in [5, 5.41) is 8.95. The van der Waals surface area contributed by atoms with Crippen LogP contribution in [0.3, 0.4) is 0 Å². The number of morpholine rings is 1. The van der Waals surface area contributed by atoms with Crippen molar-refractivity contribution in [3.63, 3.8) is 0 Å². The molecular weight excluding hydrogens is 232 g/mol. The number of nitriles is 1. The molecule has 94 valence electrons. The van der Waals surface area contributed by atoms with E-state index in [2.05, 4.69) is 11.1 Å².